The van der Waals surface area contributed by atoms with Gasteiger partial charge in [-0.1, -0.05) is 0 Å². The molecule has 0 atom stereocenters. The first-order valence-corrected chi connectivity index (χ1v) is 2.82. The van der Waals surface area contributed by atoms with E-state index in [1.54, 1.807) is 12.4 Å². The molecule has 49 valence electrons. The Hall–Kier alpha value is -0.700. The van der Waals surface area contributed by atoms with Crippen molar-refractivity contribution in [2.24, 2.45) is 9.98 Å². The summed E-state index contributed by atoms with van der Waals surface area (Å²) in [6, 6.07) is 0. The van der Waals surface area contributed by atoms with Crippen LogP contribution in [0.2, 0.25) is 0 Å². The second kappa shape index (κ2) is 2.27. The summed E-state index contributed by atoms with van der Waals surface area (Å²) in [4.78, 5) is 7.89. The van der Waals surface area contributed by atoms with E-state index in [0.29, 0.717) is 6.42 Å². The van der Waals surface area contributed by atoms with Crippen molar-refractivity contribution in [2.45, 2.75) is 12.1 Å². The number of hydrogen-bond donors (Lipinski definition) is 1. The molecular formula is C6H9N2O. The molecule has 0 bridgehead atoms. The molecule has 1 aliphatic heterocycles. The van der Waals surface area contributed by atoms with Crippen molar-refractivity contribution in [2.75, 3.05) is 6.61 Å². The van der Waals surface area contributed by atoms with Crippen molar-refractivity contribution in [3.8, 4) is 0 Å². The molecule has 1 rings (SSSR count). The zero-order valence-electron chi connectivity index (χ0n) is 5.12. The van der Waals surface area contributed by atoms with Crippen molar-refractivity contribution in [3.63, 3.8) is 0 Å². The Kier molecular flexibility index (Phi) is 1.62. The molecule has 0 spiro atoms. The molecule has 0 aromatic rings. The van der Waals surface area contributed by atoms with E-state index in [1.165, 1.54) is 0 Å². The summed E-state index contributed by atoms with van der Waals surface area (Å²) in [5.74, 6) is 0. The molecule has 9 heavy (non-hydrogen) atoms. The molecule has 1 aliphatic rings. The predicted octanol–water partition coefficient (Wildman–Crippen LogP) is 0.0544. The molecule has 0 saturated carbocycles. The van der Waals surface area contributed by atoms with Crippen molar-refractivity contribution < 1.29 is 5.11 Å². The summed E-state index contributed by atoms with van der Waals surface area (Å²) >= 11 is 0. The van der Waals surface area contributed by atoms with Gasteiger partial charge < -0.3 is 5.11 Å². The lowest BCUT2D eigenvalue weighted by atomic mass is 10.1. The van der Waals surface area contributed by atoms with E-state index in [2.05, 4.69) is 16.9 Å². The van der Waals surface area contributed by atoms with Crippen LogP contribution in [0.5, 0.6) is 0 Å². The molecule has 0 unspecified atom stereocenters. The quantitative estimate of drug-likeness (QED) is 0.557. The average molecular weight is 125 g/mol. The van der Waals surface area contributed by atoms with Crippen molar-refractivity contribution in [1.82, 2.24) is 0 Å². The third-order valence-corrected chi connectivity index (χ3v) is 1.35. The van der Waals surface area contributed by atoms with Gasteiger partial charge in [-0.3, -0.25) is 9.98 Å². The van der Waals surface area contributed by atoms with Gasteiger partial charge in [0.15, 0.2) is 5.66 Å². The van der Waals surface area contributed by atoms with Crippen LogP contribution in [0.15, 0.2) is 9.98 Å². The predicted molar refractivity (Wildman–Crippen MR) is 36.8 cm³/mol. The number of aliphatic hydroxyl groups excluding tert-OH is 1. The SMILES string of the molecule is [CH2]CC1(CO)N=CC=N1. The molecule has 1 N–H and O–H groups in total. The average Bonchev–Trinajstić information content (AvgIpc) is 2.36. The molecule has 3 heteroatoms. The van der Waals surface area contributed by atoms with Gasteiger partial charge in [-0.05, 0) is 13.3 Å². The van der Waals surface area contributed by atoms with Crippen LogP contribution < -0.4 is 0 Å². The topological polar surface area (TPSA) is 45.0 Å². The highest BCUT2D eigenvalue weighted by Gasteiger charge is 2.25. The van der Waals surface area contributed by atoms with Crippen molar-refractivity contribution in [1.29, 1.82) is 0 Å². The lowest BCUT2D eigenvalue weighted by Gasteiger charge is -2.16. The fraction of sp³-hybridized carbons (Fsp3) is 0.500. The lowest BCUT2D eigenvalue weighted by Crippen LogP contribution is -2.25. The molecule has 0 saturated heterocycles. The van der Waals surface area contributed by atoms with E-state index in [-0.39, 0.29) is 6.61 Å². The third kappa shape index (κ3) is 1.00. The number of hydrogen-bond acceptors (Lipinski definition) is 3. The highest BCUT2D eigenvalue weighted by molar-refractivity contribution is 6.17. The fourth-order valence-electron chi connectivity index (χ4n) is 0.667. The first-order valence-electron chi connectivity index (χ1n) is 2.82. The van der Waals surface area contributed by atoms with Gasteiger partial charge in [0.2, 0.25) is 0 Å². The fourth-order valence-corrected chi connectivity index (χ4v) is 0.667. The molecule has 1 radical (unpaired) electrons. The molecule has 0 fully saturated rings. The molecule has 0 amide bonds. The zero-order valence-corrected chi connectivity index (χ0v) is 5.12. The molecule has 1 heterocycles. The molecule has 3 nitrogen and oxygen atoms in total. The Morgan fingerprint density at radius 2 is 2.00 bits per heavy atom. The lowest BCUT2D eigenvalue weighted by molar-refractivity contribution is 0.207. The van der Waals surface area contributed by atoms with Gasteiger partial charge in [0.1, 0.15) is 0 Å². The van der Waals surface area contributed by atoms with Crippen molar-refractivity contribution >= 4 is 12.4 Å². The third-order valence-electron chi connectivity index (χ3n) is 1.35. The Balaban J connectivity index is 2.69. The maximum atomic E-state index is 8.75. The number of rotatable bonds is 2. The van der Waals surface area contributed by atoms with E-state index in [9.17, 15) is 0 Å². The second-order valence-electron chi connectivity index (χ2n) is 1.95. The van der Waals surface area contributed by atoms with Gasteiger partial charge in [0.25, 0.3) is 0 Å². The minimum atomic E-state index is -0.639. The Bertz CT molecular complexity index is 133. The maximum Gasteiger partial charge on any atom is 0.172 e. The van der Waals surface area contributed by atoms with E-state index >= 15 is 0 Å². The number of aliphatic hydroxyl groups is 1. The van der Waals surface area contributed by atoms with E-state index in [0.717, 1.165) is 0 Å². The van der Waals surface area contributed by atoms with E-state index in [4.69, 9.17) is 5.11 Å². The molecular weight excluding hydrogens is 116 g/mol. The Morgan fingerprint density at radius 1 is 1.44 bits per heavy atom. The van der Waals surface area contributed by atoms with Gasteiger partial charge in [0.05, 0.1) is 6.61 Å². The highest BCUT2D eigenvalue weighted by Crippen LogP contribution is 2.17. The van der Waals surface area contributed by atoms with Gasteiger partial charge in [-0.15, -0.1) is 0 Å². The zero-order chi connectivity index (χ0) is 6.74. The number of nitrogens with zero attached hydrogens (tertiary/aromatic N) is 2. The van der Waals surface area contributed by atoms with Crippen LogP contribution in [0.25, 0.3) is 0 Å². The molecule has 0 aromatic heterocycles. The Labute approximate surface area is 54.1 Å². The normalized spacial score (nSPS) is 21.1. The van der Waals surface area contributed by atoms with Crippen LogP contribution in [0.1, 0.15) is 6.42 Å². The Morgan fingerprint density at radius 3 is 2.22 bits per heavy atom. The summed E-state index contributed by atoms with van der Waals surface area (Å²) in [7, 11) is 0. The number of aliphatic imine (C=N–C) groups is 2. The standard InChI is InChI=1S/C6H9N2O/c1-2-6(5-9)7-3-4-8-6/h3-4,9H,1-2,5H2. The summed E-state index contributed by atoms with van der Waals surface area (Å²) in [5, 5.41) is 8.75. The minimum Gasteiger partial charge on any atom is -0.392 e. The van der Waals surface area contributed by atoms with Gasteiger partial charge >= 0.3 is 0 Å². The van der Waals surface area contributed by atoms with E-state index < -0.39 is 5.66 Å². The van der Waals surface area contributed by atoms with Crippen LogP contribution in [-0.2, 0) is 0 Å². The van der Waals surface area contributed by atoms with Crippen LogP contribution >= 0.6 is 0 Å². The van der Waals surface area contributed by atoms with Gasteiger partial charge in [0, 0.05) is 12.4 Å². The second-order valence-corrected chi connectivity index (χ2v) is 1.95. The maximum absolute atomic E-state index is 8.75. The van der Waals surface area contributed by atoms with Crippen molar-refractivity contribution in [3.05, 3.63) is 6.92 Å². The van der Waals surface area contributed by atoms with Crippen LogP contribution in [0.3, 0.4) is 0 Å². The summed E-state index contributed by atoms with van der Waals surface area (Å²) in [5.41, 5.74) is -0.639. The first kappa shape index (κ1) is 6.42. The van der Waals surface area contributed by atoms with Gasteiger partial charge in [-0.25, -0.2) is 0 Å². The summed E-state index contributed by atoms with van der Waals surface area (Å²) in [6.45, 7) is 3.57. The van der Waals surface area contributed by atoms with Gasteiger partial charge in [-0.2, -0.15) is 0 Å². The molecule has 0 aromatic carbocycles. The van der Waals surface area contributed by atoms with Crippen LogP contribution in [-0.4, -0.2) is 29.8 Å². The summed E-state index contributed by atoms with van der Waals surface area (Å²) in [6.07, 6.45) is 3.68. The first-order chi connectivity index (χ1) is 4.33. The summed E-state index contributed by atoms with van der Waals surface area (Å²) < 4.78 is 0. The monoisotopic (exact) mass is 125 g/mol. The smallest absolute Gasteiger partial charge is 0.172 e. The minimum absolute atomic E-state index is 0.0521. The largest absolute Gasteiger partial charge is 0.392 e. The molecule has 0 aliphatic carbocycles. The highest BCUT2D eigenvalue weighted by atomic mass is 16.3. The van der Waals surface area contributed by atoms with Crippen LogP contribution in [0.4, 0.5) is 0 Å². The van der Waals surface area contributed by atoms with E-state index in [1.807, 2.05) is 0 Å². The van der Waals surface area contributed by atoms with Crippen LogP contribution in [0, 0.1) is 6.92 Å².